The molecule has 0 fully saturated rings. The van der Waals surface area contributed by atoms with Gasteiger partial charge in [-0.3, -0.25) is 24.2 Å². The Balaban J connectivity index is 1.53. The summed E-state index contributed by atoms with van der Waals surface area (Å²) in [5.41, 5.74) is 19.7. The zero-order chi connectivity index (χ0) is 35.5. The van der Waals surface area contributed by atoms with E-state index in [4.69, 9.17) is 17.2 Å². The molecule has 2 aromatic heterocycles. The van der Waals surface area contributed by atoms with E-state index < -0.39 is 60.2 Å². The van der Waals surface area contributed by atoms with Crippen LogP contribution in [0.15, 0.2) is 65.9 Å². The number of benzene rings is 2. The lowest BCUT2D eigenvalue weighted by Crippen LogP contribution is -2.57. The van der Waals surface area contributed by atoms with Gasteiger partial charge in [0.1, 0.15) is 18.1 Å². The summed E-state index contributed by atoms with van der Waals surface area (Å²) in [6.45, 7) is 0.251. The van der Waals surface area contributed by atoms with Crippen molar-refractivity contribution in [3.8, 4) is 0 Å². The van der Waals surface area contributed by atoms with E-state index in [1.54, 1.807) is 18.5 Å². The van der Waals surface area contributed by atoms with Crippen LogP contribution < -0.4 is 33.2 Å². The van der Waals surface area contributed by atoms with E-state index in [9.17, 15) is 34.2 Å². The highest BCUT2D eigenvalue weighted by Crippen LogP contribution is 2.21. The van der Waals surface area contributed by atoms with Crippen molar-refractivity contribution in [1.29, 1.82) is 0 Å². The molecule has 49 heavy (non-hydrogen) atoms. The largest absolute Gasteiger partial charge is 0.481 e. The molecule has 16 heteroatoms. The SMILES string of the molecule is NC(N)=NCCCC(N)C(=O)NC(Cc1c[nH]c2ccccc12)C(=O)NC(CCC(=O)O)C(=O)NC(Cc1c[nH]c2ccccc12)C(=O)O. The topological polar surface area (TPSA) is 284 Å². The predicted molar refractivity (Wildman–Crippen MR) is 182 cm³/mol. The molecular weight excluding hydrogens is 634 g/mol. The van der Waals surface area contributed by atoms with E-state index in [0.717, 1.165) is 21.8 Å². The van der Waals surface area contributed by atoms with Gasteiger partial charge in [0.05, 0.1) is 6.04 Å². The second-order valence-corrected chi connectivity index (χ2v) is 11.6. The van der Waals surface area contributed by atoms with Crippen molar-refractivity contribution in [2.75, 3.05) is 6.54 Å². The standard InChI is InChI=1S/C33H41N9O7/c34-22(8-5-13-37-33(35)36)29(45)41-26(14-18-16-38-23-9-3-1-6-20(18)23)31(47)40-25(11-12-28(43)44)30(46)42-27(32(48)49)15-19-17-39-24-10-4-2-7-21(19)24/h1-4,6-7,9-10,16-17,22,25-27,38-39H,5,8,11-15,34H2,(H,40,47)(H,41,45)(H,42,46)(H,43,44)(H,48,49)(H4,35,36,37). The van der Waals surface area contributed by atoms with Crippen LogP contribution in [0.3, 0.4) is 0 Å². The number of fused-ring (bicyclic) bond motifs is 2. The lowest BCUT2D eigenvalue weighted by Gasteiger charge is -2.25. The molecule has 0 saturated carbocycles. The Morgan fingerprint density at radius 2 is 1.22 bits per heavy atom. The molecule has 4 unspecified atom stereocenters. The van der Waals surface area contributed by atoms with Crippen LogP contribution in [0.4, 0.5) is 0 Å². The van der Waals surface area contributed by atoms with Crippen LogP contribution in [0.2, 0.25) is 0 Å². The molecule has 4 aromatic rings. The Bertz CT molecular complexity index is 1830. The van der Waals surface area contributed by atoms with E-state index >= 15 is 0 Å². The van der Waals surface area contributed by atoms with Crippen molar-refractivity contribution in [1.82, 2.24) is 25.9 Å². The minimum absolute atomic E-state index is 0.00606. The van der Waals surface area contributed by atoms with Gasteiger partial charge < -0.3 is 53.3 Å². The van der Waals surface area contributed by atoms with Gasteiger partial charge in [0.15, 0.2) is 5.96 Å². The maximum absolute atomic E-state index is 13.8. The number of carboxylic acid groups (broad SMARTS) is 2. The number of carbonyl (C=O) groups is 5. The summed E-state index contributed by atoms with van der Waals surface area (Å²) in [5, 5.41) is 28.6. The van der Waals surface area contributed by atoms with Crippen LogP contribution in [0, 0.1) is 0 Å². The number of hydrogen-bond donors (Lipinski definition) is 10. The number of nitrogens with one attached hydrogen (secondary N) is 5. The molecule has 0 radical (unpaired) electrons. The first-order chi connectivity index (χ1) is 23.4. The smallest absolute Gasteiger partial charge is 0.326 e. The van der Waals surface area contributed by atoms with E-state index in [1.165, 1.54) is 0 Å². The summed E-state index contributed by atoms with van der Waals surface area (Å²) in [7, 11) is 0. The van der Waals surface area contributed by atoms with Crippen LogP contribution >= 0.6 is 0 Å². The Hall–Kier alpha value is -5.90. The third-order valence-electron chi connectivity index (χ3n) is 8.03. The van der Waals surface area contributed by atoms with Gasteiger partial charge >= 0.3 is 11.9 Å². The Labute approximate surface area is 280 Å². The van der Waals surface area contributed by atoms with Crippen molar-refractivity contribution < 1.29 is 34.2 Å². The number of amides is 3. The molecule has 13 N–H and O–H groups in total. The summed E-state index contributed by atoms with van der Waals surface area (Å²) in [5.74, 6) is -4.96. The van der Waals surface area contributed by atoms with Crippen LogP contribution in [-0.4, -0.2) is 86.5 Å². The number of carboxylic acids is 2. The number of guanidine groups is 1. The highest BCUT2D eigenvalue weighted by molar-refractivity contribution is 5.95. The summed E-state index contributed by atoms with van der Waals surface area (Å²) < 4.78 is 0. The maximum atomic E-state index is 13.8. The van der Waals surface area contributed by atoms with Gasteiger partial charge in [0.25, 0.3) is 0 Å². The number of aromatic amines is 2. The fourth-order valence-corrected chi connectivity index (χ4v) is 5.46. The summed E-state index contributed by atoms with van der Waals surface area (Å²) in [4.78, 5) is 74.2. The zero-order valence-corrected chi connectivity index (χ0v) is 26.6. The van der Waals surface area contributed by atoms with E-state index in [-0.39, 0.29) is 38.2 Å². The van der Waals surface area contributed by atoms with Crippen molar-refractivity contribution in [2.45, 2.75) is 62.7 Å². The minimum atomic E-state index is -1.44. The number of aliphatic carboxylic acids is 2. The number of aromatic nitrogens is 2. The van der Waals surface area contributed by atoms with Gasteiger partial charge in [-0.25, -0.2) is 4.79 Å². The van der Waals surface area contributed by atoms with Crippen molar-refractivity contribution in [2.24, 2.45) is 22.2 Å². The number of carbonyl (C=O) groups excluding carboxylic acids is 3. The summed E-state index contributed by atoms with van der Waals surface area (Å²) in [6, 6.07) is 9.53. The molecule has 0 aliphatic carbocycles. The first kappa shape index (κ1) is 35.9. The van der Waals surface area contributed by atoms with Crippen LogP contribution in [-0.2, 0) is 36.8 Å². The van der Waals surface area contributed by atoms with E-state index in [2.05, 4.69) is 30.9 Å². The average molecular weight is 676 g/mol. The van der Waals surface area contributed by atoms with Crippen molar-refractivity contribution >= 4 is 57.4 Å². The minimum Gasteiger partial charge on any atom is -0.481 e. The number of nitrogens with zero attached hydrogens (tertiary/aromatic N) is 1. The number of para-hydroxylation sites is 2. The molecule has 4 atom stereocenters. The molecule has 0 aliphatic heterocycles. The Kier molecular flexibility index (Phi) is 12.3. The van der Waals surface area contributed by atoms with Gasteiger partial charge in [-0.05, 0) is 42.5 Å². The quantitative estimate of drug-likeness (QED) is 0.0389. The lowest BCUT2D eigenvalue weighted by atomic mass is 10.0. The number of rotatable bonds is 18. The molecule has 0 spiro atoms. The number of nitrogens with two attached hydrogens (primary N) is 3. The van der Waals surface area contributed by atoms with Gasteiger partial charge in [-0.2, -0.15) is 0 Å². The number of aliphatic imine (C=N–C) groups is 1. The van der Waals surface area contributed by atoms with E-state index in [1.807, 2.05) is 42.5 Å². The van der Waals surface area contributed by atoms with Crippen molar-refractivity contribution in [3.05, 3.63) is 72.1 Å². The normalized spacial score (nSPS) is 13.6. The van der Waals surface area contributed by atoms with Crippen LogP contribution in [0.5, 0.6) is 0 Å². The first-order valence-electron chi connectivity index (χ1n) is 15.7. The number of hydrogen-bond acceptors (Lipinski definition) is 7. The second kappa shape index (κ2) is 16.8. The molecule has 4 rings (SSSR count). The van der Waals surface area contributed by atoms with E-state index in [0.29, 0.717) is 17.5 Å². The molecule has 0 aliphatic rings. The predicted octanol–water partition coefficient (Wildman–Crippen LogP) is 0.219. The molecular formula is C33H41N9O7. The Morgan fingerprint density at radius 1 is 0.714 bits per heavy atom. The fourth-order valence-electron chi connectivity index (χ4n) is 5.46. The van der Waals surface area contributed by atoms with Crippen LogP contribution in [0.25, 0.3) is 21.8 Å². The molecule has 0 saturated heterocycles. The maximum Gasteiger partial charge on any atom is 0.326 e. The lowest BCUT2D eigenvalue weighted by molar-refractivity contribution is -0.143. The third kappa shape index (κ3) is 10.0. The molecule has 16 nitrogen and oxygen atoms in total. The van der Waals surface area contributed by atoms with Gasteiger partial charge in [-0.15, -0.1) is 0 Å². The average Bonchev–Trinajstić information content (AvgIpc) is 3.67. The van der Waals surface area contributed by atoms with Crippen LogP contribution in [0.1, 0.15) is 36.8 Å². The first-order valence-corrected chi connectivity index (χ1v) is 15.7. The fraction of sp³-hybridized carbons (Fsp3) is 0.333. The highest BCUT2D eigenvalue weighted by Gasteiger charge is 2.31. The molecule has 2 aromatic carbocycles. The highest BCUT2D eigenvalue weighted by atomic mass is 16.4. The van der Waals surface area contributed by atoms with Gasteiger partial charge in [-0.1, -0.05) is 36.4 Å². The van der Waals surface area contributed by atoms with Gasteiger partial charge in [0.2, 0.25) is 17.7 Å². The molecule has 260 valence electrons. The zero-order valence-electron chi connectivity index (χ0n) is 26.6. The molecule has 3 amide bonds. The van der Waals surface area contributed by atoms with Gasteiger partial charge in [0, 0.05) is 60.0 Å². The monoisotopic (exact) mass is 675 g/mol. The summed E-state index contributed by atoms with van der Waals surface area (Å²) in [6.07, 6.45) is 3.03. The molecule has 0 bridgehead atoms. The summed E-state index contributed by atoms with van der Waals surface area (Å²) >= 11 is 0. The third-order valence-corrected chi connectivity index (χ3v) is 8.03. The second-order valence-electron chi connectivity index (χ2n) is 11.6. The van der Waals surface area contributed by atoms with Crippen molar-refractivity contribution in [3.63, 3.8) is 0 Å². The Morgan fingerprint density at radius 3 is 1.78 bits per heavy atom. The molecule has 2 heterocycles. The number of H-pyrrole nitrogens is 2.